The van der Waals surface area contributed by atoms with Gasteiger partial charge in [-0.2, -0.15) is 0 Å². The second-order valence-corrected chi connectivity index (χ2v) is 4.94. The maximum Gasteiger partial charge on any atom is 0.132 e. The van der Waals surface area contributed by atoms with Gasteiger partial charge in [0.2, 0.25) is 0 Å². The fourth-order valence-electron chi connectivity index (χ4n) is 1.88. The van der Waals surface area contributed by atoms with Crippen LogP contribution in [0.15, 0.2) is 36.4 Å². The van der Waals surface area contributed by atoms with Crippen molar-refractivity contribution in [3.8, 4) is 5.75 Å². The predicted octanol–water partition coefficient (Wildman–Crippen LogP) is 4.67. The van der Waals surface area contributed by atoms with Gasteiger partial charge in [0.15, 0.2) is 0 Å². The second-order valence-electron chi connectivity index (χ2n) is 4.54. The Labute approximate surface area is 116 Å². The van der Waals surface area contributed by atoms with E-state index < -0.39 is 5.82 Å². The zero-order chi connectivity index (χ0) is 14.0. The van der Waals surface area contributed by atoms with E-state index in [1.807, 2.05) is 32.0 Å². The molecule has 2 nitrogen and oxygen atoms in total. The van der Waals surface area contributed by atoms with Crippen LogP contribution >= 0.6 is 11.6 Å². The molecule has 1 unspecified atom stereocenters. The number of phenols is 1. The van der Waals surface area contributed by atoms with Crippen molar-refractivity contribution in [3.63, 3.8) is 0 Å². The van der Waals surface area contributed by atoms with Crippen LogP contribution in [-0.4, -0.2) is 5.11 Å². The zero-order valence-electron chi connectivity index (χ0n) is 10.7. The third kappa shape index (κ3) is 3.18. The Bertz CT molecular complexity index is 601. The maximum atomic E-state index is 13.7. The number of anilines is 1. The fourth-order valence-corrected chi connectivity index (χ4v) is 2.06. The first kappa shape index (κ1) is 13.7. The molecule has 0 bridgehead atoms. The van der Waals surface area contributed by atoms with Crippen LogP contribution in [0.3, 0.4) is 0 Å². The minimum Gasteiger partial charge on any atom is -0.508 e. The van der Waals surface area contributed by atoms with Crippen molar-refractivity contribution >= 4 is 17.3 Å². The molecule has 2 rings (SSSR count). The number of rotatable bonds is 3. The highest BCUT2D eigenvalue weighted by molar-refractivity contribution is 6.31. The smallest absolute Gasteiger partial charge is 0.132 e. The molecule has 0 saturated carbocycles. The van der Waals surface area contributed by atoms with Gasteiger partial charge in [0, 0.05) is 22.3 Å². The molecule has 0 spiro atoms. The second kappa shape index (κ2) is 5.49. The molecule has 1 atom stereocenters. The fraction of sp³-hybridized carbons (Fsp3) is 0.200. The normalized spacial score (nSPS) is 12.2. The molecule has 19 heavy (non-hydrogen) atoms. The summed E-state index contributed by atoms with van der Waals surface area (Å²) in [5.74, 6) is -0.509. The van der Waals surface area contributed by atoms with Crippen LogP contribution in [0.2, 0.25) is 5.02 Å². The molecule has 0 aliphatic rings. The van der Waals surface area contributed by atoms with Crippen molar-refractivity contribution in [1.82, 2.24) is 0 Å². The topological polar surface area (TPSA) is 32.3 Å². The summed E-state index contributed by atoms with van der Waals surface area (Å²) in [6.45, 7) is 3.78. The van der Waals surface area contributed by atoms with E-state index in [0.29, 0.717) is 10.6 Å². The first-order valence-corrected chi connectivity index (χ1v) is 6.36. The Morgan fingerprint density at radius 1 is 1.21 bits per heavy atom. The van der Waals surface area contributed by atoms with E-state index in [9.17, 15) is 9.50 Å². The average Bonchev–Trinajstić information content (AvgIpc) is 2.33. The minimum atomic E-state index is -0.432. The lowest BCUT2D eigenvalue weighted by Gasteiger charge is -2.17. The maximum absolute atomic E-state index is 13.7. The van der Waals surface area contributed by atoms with E-state index >= 15 is 0 Å². The van der Waals surface area contributed by atoms with Crippen LogP contribution in [-0.2, 0) is 0 Å². The van der Waals surface area contributed by atoms with Gasteiger partial charge in [0.1, 0.15) is 11.6 Å². The van der Waals surface area contributed by atoms with Gasteiger partial charge >= 0.3 is 0 Å². The monoisotopic (exact) mass is 279 g/mol. The Balaban J connectivity index is 2.20. The highest BCUT2D eigenvalue weighted by atomic mass is 35.5. The largest absolute Gasteiger partial charge is 0.508 e. The molecule has 0 saturated heterocycles. The van der Waals surface area contributed by atoms with E-state index in [-0.39, 0.29) is 11.8 Å². The van der Waals surface area contributed by atoms with Crippen LogP contribution in [0.25, 0.3) is 0 Å². The summed E-state index contributed by atoms with van der Waals surface area (Å²) in [6, 6.07) is 9.54. The molecule has 0 aliphatic heterocycles. The number of halogens is 2. The molecule has 0 aromatic heterocycles. The van der Waals surface area contributed by atoms with E-state index in [1.165, 1.54) is 6.07 Å². The van der Waals surface area contributed by atoms with Gasteiger partial charge < -0.3 is 10.4 Å². The van der Waals surface area contributed by atoms with Crippen molar-refractivity contribution in [2.45, 2.75) is 19.9 Å². The Morgan fingerprint density at radius 3 is 2.58 bits per heavy atom. The molecule has 2 aromatic carbocycles. The standard InChI is InChI=1S/C15H15ClFNO/c1-9-3-4-11(7-14(9)16)18-10(2)13-6-5-12(19)8-15(13)17/h3-8,10,18-19H,1-2H3. The molecule has 0 aliphatic carbocycles. The number of phenolic OH excluding ortho intramolecular Hbond substituents is 1. The predicted molar refractivity (Wildman–Crippen MR) is 76.3 cm³/mol. The first-order chi connectivity index (χ1) is 8.97. The van der Waals surface area contributed by atoms with Crippen molar-refractivity contribution in [1.29, 1.82) is 0 Å². The number of nitrogens with one attached hydrogen (secondary N) is 1. The summed E-state index contributed by atoms with van der Waals surface area (Å²) in [4.78, 5) is 0. The van der Waals surface area contributed by atoms with Gasteiger partial charge in [-0.1, -0.05) is 23.7 Å². The molecular weight excluding hydrogens is 265 g/mol. The summed E-state index contributed by atoms with van der Waals surface area (Å²) in [6.07, 6.45) is 0. The summed E-state index contributed by atoms with van der Waals surface area (Å²) in [7, 11) is 0. The van der Waals surface area contributed by atoms with E-state index in [1.54, 1.807) is 6.07 Å². The van der Waals surface area contributed by atoms with Gasteiger partial charge in [-0.15, -0.1) is 0 Å². The number of hydrogen-bond donors (Lipinski definition) is 2. The number of hydrogen-bond acceptors (Lipinski definition) is 2. The zero-order valence-corrected chi connectivity index (χ0v) is 11.5. The van der Waals surface area contributed by atoms with Gasteiger partial charge in [0.05, 0.1) is 6.04 Å². The summed E-state index contributed by atoms with van der Waals surface area (Å²) < 4.78 is 13.7. The number of aromatic hydroxyl groups is 1. The molecule has 0 heterocycles. The van der Waals surface area contributed by atoms with Crippen LogP contribution in [0.1, 0.15) is 24.1 Å². The van der Waals surface area contributed by atoms with Crippen molar-refractivity contribution < 1.29 is 9.50 Å². The summed E-state index contributed by atoms with van der Waals surface area (Å²) in [5, 5.41) is 13.0. The SMILES string of the molecule is Cc1ccc(NC(C)c2ccc(O)cc2F)cc1Cl. The molecule has 0 amide bonds. The van der Waals surface area contributed by atoms with Gasteiger partial charge in [-0.25, -0.2) is 4.39 Å². The van der Waals surface area contributed by atoms with Crippen molar-refractivity contribution in [2.75, 3.05) is 5.32 Å². The van der Waals surface area contributed by atoms with Crippen molar-refractivity contribution in [3.05, 3.63) is 58.4 Å². The quantitative estimate of drug-likeness (QED) is 0.856. The Hall–Kier alpha value is -1.74. The molecule has 0 radical (unpaired) electrons. The molecular formula is C15H15ClFNO. The average molecular weight is 280 g/mol. The third-order valence-corrected chi connectivity index (χ3v) is 3.41. The van der Waals surface area contributed by atoms with Crippen LogP contribution in [0, 0.1) is 12.7 Å². The Kier molecular flexibility index (Phi) is 3.96. The van der Waals surface area contributed by atoms with E-state index in [0.717, 1.165) is 17.3 Å². The lowest BCUT2D eigenvalue weighted by Crippen LogP contribution is -2.08. The van der Waals surface area contributed by atoms with Crippen LogP contribution in [0.5, 0.6) is 5.75 Å². The van der Waals surface area contributed by atoms with Crippen LogP contribution in [0.4, 0.5) is 10.1 Å². The summed E-state index contributed by atoms with van der Waals surface area (Å²) >= 11 is 6.05. The summed E-state index contributed by atoms with van der Waals surface area (Å²) in [5.41, 5.74) is 2.32. The number of aryl methyl sites for hydroxylation is 1. The van der Waals surface area contributed by atoms with E-state index in [2.05, 4.69) is 5.32 Å². The lowest BCUT2D eigenvalue weighted by atomic mass is 10.1. The van der Waals surface area contributed by atoms with Gasteiger partial charge in [-0.3, -0.25) is 0 Å². The third-order valence-electron chi connectivity index (χ3n) is 3.01. The first-order valence-electron chi connectivity index (χ1n) is 5.98. The highest BCUT2D eigenvalue weighted by Gasteiger charge is 2.11. The minimum absolute atomic E-state index is 0.0770. The Morgan fingerprint density at radius 2 is 1.95 bits per heavy atom. The number of benzene rings is 2. The molecule has 2 N–H and O–H groups in total. The highest BCUT2D eigenvalue weighted by Crippen LogP contribution is 2.26. The molecule has 100 valence electrons. The lowest BCUT2D eigenvalue weighted by molar-refractivity contribution is 0.467. The van der Waals surface area contributed by atoms with Gasteiger partial charge in [0.25, 0.3) is 0 Å². The van der Waals surface area contributed by atoms with Gasteiger partial charge in [-0.05, 0) is 37.6 Å². The molecule has 0 fully saturated rings. The molecule has 4 heteroatoms. The van der Waals surface area contributed by atoms with Crippen LogP contribution < -0.4 is 5.32 Å². The van der Waals surface area contributed by atoms with Crippen molar-refractivity contribution in [2.24, 2.45) is 0 Å². The molecule has 2 aromatic rings. The van der Waals surface area contributed by atoms with E-state index in [4.69, 9.17) is 11.6 Å².